The lowest BCUT2D eigenvalue weighted by atomic mass is 9.75. The quantitative estimate of drug-likeness (QED) is 0.510. The first-order chi connectivity index (χ1) is 9.30. The summed E-state index contributed by atoms with van der Waals surface area (Å²) in [6, 6.07) is 5.17. The summed E-state index contributed by atoms with van der Waals surface area (Å²) in [5.41, 5.74) is 7.00. The minimum absolute atomic E-state index is 0.0432. The highest BCUT2D eigenvalue weighted by Gasteiger charge is 2.31. The van der Waals surface area contributed by atoms with E-state index in [2.05, 4.69) is 25.7 Å². The molecule has 5 heteroatoms. The molecule has 1 aromatic rings. The Balaban J connectivity index is 2.19. The standard InChI is InChI=1S/C15H23N3O2/c1-15(2,3)11-7-9-17(10-8-11)13-6-4-5-12(16)14(13)18(19)20/h4-6,11H,7-10,16H2,1-3H3. The molecule has 0 unspecified atom stereocenters. The van der Waals surface area contributed by atoms with Crippen molar-refractivity contribution < 1.29 is 4.92 Å². The van der Waals surface area contributed by atoms with Gasteiger partial charge in [0.05, 0.1) is 4.92 Å². The number of piperidine rings is 1. The van der Waals surface area contributed by atoms with E-state index in [0.717, 1.165) is 25.9 Å². The molecule has 0 atom stereocenters. The molecule has 1 aliphatic rings. The summed E-state index contributed by atoms with van der Waals surface area (Å²) in [5.74, 6) is 0.666. The molecule has 2 rings (SSSR count). The third-order valence-corrected chi connectivity index (χ3v) is 4.29. The van der Waals surface area contributed by atoms with E-state index < -0.39 is 0 Å². The smallest absolute Gasteiger partial charge is 0.315 e. The van der Waals surface area contributed by atoms with Crippen LogP contribution in [-0.4, -0.2) is 18.0 Å². The van der Waals surface area contributed by atoms with Crippen molar-refractivity contribution in [2.75, 3.05) is 23.7 Å². The lowest BCUT2D eigenvalue weighted by Gasteiger charge is -2.39. The predicted octanol–water partition coefficient (Wildman–Crippen LogP) is 3.44. The van der Waals surface area contributed by atoms with Crippen LogP contribution in [0.1, 0.15) is 33.6 Å². The Bertz CT molecular complexity index is 500. The molecule has 2 N–H and O–H groups in total. The highest BCUT2D eigenvalue weighted by molar-refractivity contribution is 5.75. The summed E-state index contributed by atoms with van der Waals surface area (Å²) >= 11 is 0. The lowest BCUT2D eigenvalue weighted by molar-refractivity contribution is -0.383. The number of benzene rings is 1. The minimum atomic E-state index is -0.374. The number of nitrogens with zero attached hydrogens (tertiary/aromatic N) is 2. The molecule has 110 valence electrons. The Morgan fingerprint density at radius 1 is 1.30 bits per heavy atom. The van der Waals surface area contributed by atoms with Crippen molar-refractivity contribution >= 4 is 17.1 Å². The summed E-state index contributed by atoms with van der Waals surface area (Å²) in [4.78, 5) is 12.9. The van der Waals surface area contributed by atoms with Gasteiger partial charge in [0.2, 0.25) is 0 Å². The zero-order valence-corrected chi connectivity index (χ0v) is 12.4. The van der Waals surface area contributed by atoms with E-state index >= 15 is 0 Å². The Labute approximate surface area is 119 Å². The Morgan fingerprint density at radius 3 is 2.40 bits per heavy atom. The van der Waals surface area contributed by atoms with Gasteiger partial charge < -0.3 is 10.6 Å². The Morgan fingerprint density at radius 2 is 1.90 bits per heavy atom. The summed E-state index contributed by atoms with van der Waals surface area (Å²) < 4.78 is 0. The molecule has 5 nitrogen and oxygen atoms in total. The molecule has 20 heavy (non-hydrogen) atoms. The summed E-state index contributed by atoms with van der Waals surface area (Å²) in [5, 5.41) is 11.2. The number of nitrogens with two attached hydrogens (primary N) is 1. The van der Waals surface area contributed by atoms with Crippen LogP contribution in [-0.2, 0) is 0 Å². The maximum absolute atomic E-state index is 11.2. The molecule has 0 aromatic heterocycles. The maximum Gasteiger partial charge on any atom is 0.315 e. The number of nitrogen functional groups attached to an aromatic ring is 1. The van der Waals surface area contributed by atoms with Gasteiger partial charge in [0, 0.05) is 13.1 Å². The molecule has 0 amide bonds. The van der Waals surface area contributed by atoms with E-state index in [0.29, 0.717) is 17.0 Å². The summed E-state index contributed by atoms with van der Waals surface area (Å²) in [6.45, 7) is 8.49. The number of anilines is 2. The molecule has 1 heterocycles. The lowest BCUT2D eigenvalue weighted by Crippen LogP contribution is -2.38. The highest BCUT2D eigenvalue weighted by Crippen LogP contribution is 2.39. The van der Waals surface area contributed by atoms with Crippen LogP contribution in [0.15, 0.2) is 18.2 Å². The zero-order chi connectivity index (χ0) is 14.9. The summed E-state index contributed by atoms with van der Waals surface area (Å²) in [6.07, 6.45) is 2.13. The number of hydrogen-bond donors (Lipinski definition) is 1. The largest absolute Gasteiger partial charge is 0.393 e. The van der Waals surface area contributed by atoms with E-state index in [9.17, 15) is 10.1 Å². The maximum atomic E-state index is 11.2. The van der Waals surface area contributed by atoms with Gasteiger partial charge >= 0.3 is 5.69 Å². The SMILES string of the molecule is CC(C)(C)C1CCN(c2cccc(N)c2[N+](=O)[O-])CC1. The molecule has 0 bridgehead atoms. The molecule has 1 fully saturated rings. The van der Waals surface area contributed by atoms with Crippen LogP contribution in [0.3, 0.4) is 0 Å². The average molecular weight is 277 g/mol. The van der Waals surface area contributed by atoms with Crippen molar-refractivity contribution in [3.8, 4) is 0 Å². The summed E-state index contributed by atoms with van der Waals surface area (Å²) in [7, 11) is 0. The molecular formula is C15H23N3O2. The van der Waals surface area contributed by atoms with Gasteiger partial charge in [-0.15, -0.1) is 0 Å². The molecular weight excluding hydrogens is 254 g/mol. The van der Waals surface area contributed by atoms with E-state index in [-0.39, 0.29) is 16.3 Å². The van der Waals surface area contributed by atoms with E-state index in [1.165, 1.54) is 0 Å². The second-order valence-corrected chi connectivity index (χ2v) is 6.60. The number of nitro benzene ring substituents is 1. The zero-order valence-electron chi connectivity index (χ0n) is 12.4. The van der Waals surface area contributed by atoms with Crippen LogP contribution in [0.5, 0.6) is 0 Å². The van der Waals surface area contributed by atoms with E-state index in [4.69, 9.17) is 5.73 Å². The van der Waals surface area contributed by atoms with Crippen molar-refractivity contribution in [1.82, 2.24) is 0 Å². The van der Waals surface area contributed by atoms with Gasteiger partial charge in [-0.25, -0.2) is 0 Å². The number of nitro groups is 1. The van der Waals surface area contributed by atoms with Crippen LogP contribution in [0.25, 0.3) is 0 Å². The fourth-order valence-corrected chi connectivity index (χ4v) is 2.99. The minimum Gasteiger partial charge on any atom is -0.393 e. The molecule has 1 aromatic carbocycles. The van der Waals surface area contributed by atoms with Gasteiger partial charge in [-0.1, -0.05) is 26.8 Å². The van der Waals surface area contributed by atoms with Gasteiger partial charge in [-0.3, -0.25) is 10.1 Å². The monoisotopic (exact) mass is 277 g/mol. The van der Waals surface area contributed by atoms with Crippen LogP contribution >= 0.6 is 0 Å². The third-order valence-electron chi connectivity index (χ3n) is 4.29. The molecule has 0 spiro atoms. The van der Waals surface area contributed by atoms with Gasteiger partial charge in [0.15, 0.2) is 0 Å². The first-order valence-corrected chi connectivity index (χ1v) is 7.08. The van der Waals surface area contributed by atoms with Crippen LogP contribution in [0, 0.1) is 21.4 Å². The fraction of sp³-hybridized carbons (Fsp3) is 0.600. The topological polar surface area (TPSA) is 72.4 Å². The molecule has 1 saturated heterocycles. The fourth-order valence-electron chi connectivity index (χ4n) is 2.99. The van der Waals surface area contributed by atoms with Gasteiger partial charge in [-0.2, -0.15) is 0 Å². The van der Waals surface area contributed by atoms with Crippen molar-refractivity contribution in [2.45, 2.75) is 33.6 Å². The molecule has 0 aliphatic carbocycles. The van der Waals surface area contributed by atoms with Crippen LogP contribution in [0.4, 0.5) is 17.1 Å². The Kier molecular flexibility index (Phi) is 3.88. The number of hydrogen-bond acceptors (Lipinski definition) is 4. The van der Waals surface area contributed by atoms with Crippen molar-refractivity contribution in [2.24, 2.45) is 11.3 Å². The first-order valence-electron chi connectivity index (χ1n) is 7.08. The average Bonchev–Trinajstić information content (AvgIpc) is 2.37. The second kappa shape index (κ2) is 5.31. The van der Waals surface area contributed by atoms with Gasteiger partial charge in [-0.05, 0) is 36.3 Å². The van der Waals surface area contributed by atoms with Gasteiger partial charge in [0.1, 0.15) is 11.4 Å². The predicted molar refractivity (Wildman–Crippen MR) is 81.9 cm³/mol. The highest BCUT2D eigenvalue weighted by atomic mass is 16.6. The number of para-hydroxylation sites is 1. The normalized spacial score (nSPS) is 17.2. The first kappa shape index (κ1) is 14.6. The molecule has 0 saturated carbocycles. The molecule has 1 aliphatic heterocycles. The van der Waals surface area contributed by atoms with Crippen molar-refractivity contribution in [3.63, 3.8) is 0 Å². The molecule has 0 radical (unpaired) electrons. The van der Waals surface area contributed by atoms with E-state index in [1.807, 2.05) is 0 Å². The third kappa shape index (κ3) is 2.86. The van der Waals surface area contributed by atoms with Crippen molar-refractivity contribution in [3.05, 3.63) is 28.3 Å². The van der Waals surface area contributed by atoms with Crippen LogP contribution in [0.2, 0.25) is 0 Å². The second-order valence-electron chi connectivity index (χ2n) is 6.60. The Hall–Kier alpha value is -1.78. The van der Waals surface area contributed by atoms with Crippen LogP contribution < -0.4 is 10.6 Å². The van der Waals surface area contributed by atoms with E-state index in [1.54, 1.807) is 18.2 Å². The van der Waals surface area contributed by atoms with Gasteiger partial charge in [0.25, 0.3) is 0 Å². The van der Waals surface area contributed by atoms with Crippen molar-refractivity contribution in [1.29, 1.82) is 0 Å². The number of rotatable bonds is 2.